The molecule has 0 fully saturated rings. The average molecular weight is 282 g/mol. The molecule has 19 heavy (non-hydrogen) atoms. The van der Waals surface area contributed by atoms with Crippen LogP contribution in [0.1, 0.15) is 37.1 Å². The van der Waals surface area contributed by atoms with E-state index in [-0.39, 0.29) is 12.2 Å². The first-order chi connectivity index (χ1) is 9.09. The third-order valence-corrected chi connectivity index (χ3v) is 3.73. The van der Waals surface area contributed by atoms with E-state index >= 15 is 0 Å². The maximum absolute atomic E-state index is 8.70. The van der Waals surface area contributed by atoms with Crippen molar-refractivity contribution < 1.29 is 14.6 Å². The fourth-order valence-corrected chi connectivity index (χ4v) is 2.13. The van der Waals surface area contributed by atoms with Crippen LogP contribution in [0.4, 0.5) is 0 Å². The van der Waals surface area contributed by atoms with Gasteiger partial charge in [0, 0.05) is 30.6 Å². The maximum atomic E-state index is 8.70. The Morgan fingerprint density at radius 1 is 1.42 bits per heavy atom. The monoisotopic (exact) mass is 282 g/mol. The average Bonchev–Trinajstić information content (AvgIpc) is 2.83. The van der Waals surface area contributed by atoms with Crippen LogP contribution in [0, 0.1) is 11.8 Å². The summed E-state index contributed by atoms with van der Waals surface area (Å²) in [6, 6.07) is 1.99. The quantitative estimate of drug-likeness (QED) is 0.617. The van der Waals surface area contributed by atoms with Crippen molar-refractivity contribution in [1.29, 1.82) is 0 Å². The van der Waals surface area contributed by atoms with E-state index in [1.54, 1.807) is 18.4 Å². The summed E-state index contributed by atoms with van der Waals surface area (Å²) in [5, 5.41) is 10.7. The van der Waals surface area contributed by atoms with Crippen LogP contribution >= 0.6 is 11.3 Å². The van der Waals surface area contributed by atoms with E-state index in [4.69, 9.17) is 14.6 Å². The van der Waals surface area contributed by atoms with Crippen molar-refractivity contribution in [1.82, 2.24) is 0 Å². The molecule has 0 aliphatic rings. The van der Waals surface area contributed by atoms with Gasteiger partial charge in [0.25, 0.3) is 0 Å². The molecule has 0 bridgehead atoms. The number of hydrogen-bond acceptors (Lipinski definition) is 4. The van der Waals surface area contributed by atoms with Gasteiger partial charge in [-0.3, -0.25) is 0 Å². The van der Waals surface area contributed by atoms with E-state index in [2.05, 4.69) is 11.8 Å². The number of aliphatic hydroxyl groups excluding tert-OH is 1. The van der Waals surface area contributed by atoms with Gasteiger partial charge in [-0.2, -0.15) is 0 Å². The number of rotatable bonds is 7. The van der Waals surface area contributed by atoms with E-state index in [0.717, 1.165) is 16.9 Å². The van der Waals surface area contributed by atoms with E-state index < -0.39 is 0 Å². The first-order valence-corrected chi connectivity index (χ1v) is 7.26. The topological polar surface area (TPSA) is 38.7 Å². The molecule has 0 atom stereocenters. The van der Waals surface area contributed by atoms with E-state index in [1.165, 1.54) is 0 Å². The smallest absolute Gasteiger partial charge is 0.0821 e. The van der Waals surface area contributed by atoms with E-state index in [9.17, 15) is 0 Å². The predicted octanol–water partition coefficient (Wildman–Crippen LogP) is 2.81. The summed E-state index contributed by atoms with van der Waals surface area (Å²) in [6.45, 7) is 5.46. The van der Waals surface area contributed by atoms with Gasteiger partial charge in [0.1, 0.15) is 0 Å². The van der Waals surface area contributed by atoms with Crippen LogP contribution in [0.2, 0.25) is 0 Å². The van der Waals surface area contributed by atoms with E-state index in [1.807, 2.05) is 25.3 Å². The summed E-state index contributed by atoms with van der Waals surface area (Å²) in [7, 11) is 1.72. The first kappa shape index (κ1) is 16.2. The second-order valence-electron chi connectivity index (χ2n) is 4.80. The van der Waals surface area contributed by atoms with Crippen LogP contribution in [0.25, 0.3) is 0 Å². The Morgan fingerprint density at radius 3 is 2.89 bits per heavy atom. The minimum absolute atomic E-state index is 0.106. The molecular formula is C15H22O3S. The van der Waals surface area contributed by atoms with Gasteiger partial charge >= 0.3 is 0 Å². The molecule has 1 heterocycles. The molecule has 0 spiro atoms. The van der Waals surface area contributed by atoms with Crippen LogP contribution in [0.5, 0.6) is 0 Å². The first-order valence-electron chi connectivity index (χ1n) is 6.38. The van der Waals surface area contributed by atoms with Gasteiger partial charge in [-0.05, 0) is 31.7 Å². The highest BCUT2D eigenvalue weighted by molar-refractivity contribution is 7.10. The van der Waals surface area contributed by atoms with Crippen molar-refractivity contribution in [2.75, 3.05) is 20.3 Å². The normalized spacial score (nSPS) is 11.2. The largest absolute Gasteiger partial charge is 0.395 e. The minimum Gasteiger partial charge on any atom is -0.395 e. The Morgan fingerprint density at radius 2 is 2.21 bits per heavy atom. The summed E-state index contributed by atoms with van der Waals surface area (Å²) >= 11 is 1.65. The lowest BCUT2D eigenvalue weighted by Gasteiger charge is -2.22. The van der Waals surface area contributed by atoms with Gasteiger partial charge in [-0.15, -0.1) is 11.3 Å². The van der Waals surface area contributed by atoms with Gasteiger partial charge in [0.2, 0.25) is 0 Å². The SMILES string of the molecule is COC(C)(C)CCOCc1sccc1C#CCCO. The molecule has 0 aromatic carbocycles. The van der Waals surface area contributed by atoms with Crippen LogP contribution in [-0.2, 0) is 16.1 Å². The molecule has 0 amide bonds. The molecule has 0 radical (unpaired) electrons. The van der Waals surface area contributed by atoms with Crippen LogP contribution in [0.3, 0.4) is 0 Å². The van der Waals surface area contributed by atoms with Gasteiger partial charge in [0.05, 0.1) is 18.8 Å². The summed E-state index contributed by atoms with van der Waals surface area (Å²) in [4.78, 5) is 1.14. The molecule has 106 valence electrons. The fourth-order valence-electron chi connectivity index (χ4n) is 1.36. The third kappa shape index (κ3) is 6.22. The van der Waals surface area contributed by atoms with Gasteiger partial charge < -0.3 is 14.6 Å². The molecule has 0 aliphatic carbocycles. The zero-order valence-electron chi connectivity index (χ0n) is 11.9. The molecule has 0 aliphatic heterocycles. The molecule has 3 nitrogen and oxygen atoms in total. The zero-order chi connectivity index (χ0) is 14.1. The number of aliphatic hydroxyl groups is 1. The van der Waals surface area contributed by atoms with Gasteiger partial charge in [0.15, 0.2) is 0 Å². The molecule has 0 saturated heterocycles. The second kappa shape index (κ2) is 8.34. The molecule has 0 unspecified atom stereocenters. The highest BCUT2D eigenvalue weighted by atomic mass is 32.1. The summed E-state index contributed by atoms with van der Waals surface area (Å²) in [5.41, 5.74) is 0.864. The van der Waals surface area contributed by atoms with Gasteiger partial charge in [-0.1, -0.05) is 11.8 Å². The summed E-state index contributed by atoms with van der Waals surface area (Å²) in [5.74, 6) is 5.99. The zero-order valence-corrected chi connectivity index (χ0v) is 12.7. The molecule has 1 N–H and O–H groups in total. The molecule has 1 aromatic heterocycles. The Bertz CT molecular complexity index is 426. The standard InChI is InChI=1S/C15H22O3S/c1-15(2,17-3)8-10-18-12-14-13(7-11-19-14)6-4-5-9-16/h7,11,16H,5,8-10,12H2,1-3H3. The van der Waals surface area contributed by atoms with Crippen molar-refractivity contribution in [3.05, 3.63) is 21.9 Å². The second-order valence-corrected chi connectivity index (χ2v) is 5.80. The van der Waals surface area contributed by atoms with Gasteiger partial charge in [-0.25, -0.2) is 0 Å². The fraction of sp³-hybridized carbons (Fsp3) is 0.600. The summed E-state index contributed by atoms with van der Waals surface area (Å²) in [6.07, 6.45) is 1.37. The lowest BCUT2D eigenvalue weighted by molar-refractivity contribution is -0.0121. The maximum Gasteiger partial charge on any atom is 0.0821 e. The number of hydrogen-bond donors (Lipinski definition) is 1. The summed E-state index contributed by atoms with van der Waals surface area (Å²) < 4.78 is 11.0. The molecule has 4 heteroatoms. The molecular weight excluding hydrogens is 260 g/mol. The van der Waals surface area contributed by atoms with Crippen molar-refractivity contribution in [3.8, 4) is 11.8 Å². The third-order valence-electron chi connectivity index (χ3n) is 2.84. The molecule has 1 rings (SSSR count). The highest BCUT2D eigenvalue weighted by Crippen LogP contribution is 2.18. The number of thiophene rings is 1. The number of ether oxygens (including phenoxy) is 2. The lowest BCUT2D eigenvalue weighted by atomic mass is 10.1. The van der Waals surface area contributed by atoms with E-state index in [0.29, 0.717) is 19.6 Å². The molecule has 1 aromatic rings. The molecule has 0 saturated carbocycles. The Hall–Kier alpha value is -0.860. The Labute approximate surface area is 119 Å². The van der Waals surface area contributed by atoms with Crippen LogP contribution in [-0.4, -0.2) is 31.0 Å². The lowest BCUT2D eigenvalue weighted by Crippen LogP contribution is -2.24. The van der Waals surface area contributed by atoms with Crippen molar-refractivity contribution in [2.24, 2.45) is 0 Å². The highest BCUT2D eigenvalue weighted by Gasteiger charge is 2.15. The predicted molar refractivity (Wildman–Crippen MR) is 78.3 cm³/mol. The van der Waals surface area contributed by atoms with Crippen LogP contribution < -0.4 is 0 Å². The minimum atomic E-state index is -0.140. The number of methoxy groups -OCH3 is 1. The van der Waals surface area contributed by atoms with Crippen LogP contribution in [0.15, 0.2) is 11.4 Å². The Balaban J connectivity index is 2.38. The Kier molecular flexibility index (Phi) is 7.11. The van der Waals surface area contributed by atoms with Crippen molar-refractivity contribution in [2.45, 2.75) is 38.9 Å². The van der Waals surface area contributed by atoms with Crippen molar-refractivity contribution in [3.63, 3.8) is 0 Å². The van der Waals surface area contributed by atoms with Crippen molar-refractivity contribution >= 4 is 11.3 Å².